The van der Waals surface area contributed by atoms with Gasteiger partial charge in [-0.05, 0) is 0 Å². The molecule has 10 nitrogen and oxygen atoms in total. The van der Waals surface area contributed by atoms with Crippen LogP contribution in [-0.2, 0) is 43.4 Å². The molecule has 1 N–H and O–H groups in total. The zero-order valence-corrected chi connectivity index (χ0v) is 12.7. The molecule has 0 aromatic heterocycles. The normalized spacial score (nSPS) is 28.5. The first kappa shape index (κ1) is 18.3. The number of carbonyl (C=O) groups excluding carboxylic acids is 3. The van der Waals surface area contributed by atoms with Crippen molar-refractivity contribution in [2.45, 2.75) is 44.5 Å². The molecule has 22 heavy (non-hydrogen) atoms. The number of carbonyl (C=O) groups is 3. The fourth-order valence-electron chi connectivity index (χ4n) is 1.82. The molecule has 0 amide bonds. The standard InChI is InChI=1S/C11H15O10S/c1-5(12)19-8-4-18-11(22(15,16)17)10(21-7(3)14)9(8)20-6(2)13/h4,8-11H,1-3H3,(H,15,16,17)/t8-,9+,10-,11?/m0/s1. The van der Waals surface area contributed by atoms with Gasteiger partial charge >= 0.3 is 17.9 Å². The summed E-state index contributed by atoms with van der Waals surface area (Å²) in [7, 11) is -4.80. The SMILES string of the molecule is CC(=O)O[C@@H]1[C@@H](OC(C)=O)[CH]OC(S(=O)(=O)O)[C@H]1OC(C)=O. The highest BCUT2D eigenvalue weighted by molar-refractivity contribution is 7.86. The average molecular weight is 339 g/mol. The molecule has 1 heterocycles. The van der Waals surface area contributed by atoms with E-state index in [2.05, 4.69) is 0 Å². The van der Waals surface area contributed by atoms with Crippen LogP contribution in [0.25, 0.3) is 0 Å². The quantitative estimate of drug-likeness (QED) is 0.392. The van der Waals surface area contributed by atoms with E-state index in [9.17, 15) is 22.8 Å². The lowest BCUT2D eigenvalue weighted by Gasteiger charge is -2.38. The third kappa shape index (κ3) is 4.93. The van der Waals surface area contributed by atoms with E-state index in [4.69, 9.17) is 23.5 Å². The maximum atomic E-state index is 11.3. The van der Waals surface area contributed by atoms with Gasteiger partial charge in [-0.1, -0.05) is 0 Å². The van der Waals surface area contributed by atoms with Crippen LogP contribution in [0.2, 0.25) is 0 Å². The van der Waals surface area contributed by atoms with Crippen LogP contribution in [0, 0.1) is 6.61 Å². The van der Waals surface area contributed by atoms with Crippen molar-refractivity contribution in [2.24, 2.45) is 0 Å². The Hall–Kier alpha value is -1.72. The molecular formula is C11H15O10S. The average Bonchev–Trinajstić information content (AvgIpc) is 2.29. The van der Waals surface area contributed by atoms with Crippen LogP contribution in [-0.4, -0.2) is 54.6 Å². The third-order valence-corrected chi connectivity index (χ3v) is 3.43. The smallest absolute Gasteiger partial charge is 0.303 e. The summed E-state index contributed by atoms with van der Waals surface area (Å²) in [5.41, 5.74) is -2.02. The van der Waals surface area contributed by atoms with Crippen molar-refractivity contribution in [1.29, 1.82) is 0 Å². The Morgan fingerprint density at radius 1 is 0.955 bits per heavy atom. The summed E-state index contributed by atoms with van der Waals surface area (Å²) in [5, 5.41) is 0. The second-order valence-corrected chi connectivity index (χ2v) is 5.87. The van der Waals surface area contributed by atoms with Crippen LogP contribution in [0.1, 0.15) is 20.8 Å². The summed E-state index contributed by atoms with van der Waals surface area (Å²) >= 11 is 0. The van der Waals surface area contributed by atoms with Crippen LogP contribution in [0.3, 0.4) is 0 Å². The molecule has 0 bridgehead atoms. The predicted molar refractivity (Wildman–Crippen MR) is 67.4 cm³/mol. The van der Waals surface area contributed by atoms with Gasteiger partial charge in [-0.2, -0.15) is 8.42 Å². The van der Waals surface area contributed by atoms with E-state index in [0.717, 1.165) is 27.4 Å². The van der Waals surface area contributed by atoms with E-state index < -0.39 is 51.8 Å². The van der Waals surface area contributed by atoms with E-state index in [1.807, 2.05) is 0 Å². The van der Waals surface area contributed by atoms with Gasteiger partial charge in [0.25, 0.3) is 10.1 Å². The van der Waals surface area contributed by atoms with Gasteiger partial charge in [0, 0.05) is 20.8 Å². The second-order valence-electron chi connectivity index (χ2n) is 4.38. The Bertz CT molecular complexity index is 553. The summed E-state index contributed by atoms with van der Waals surface area (Å²) < 4.78 is 51.0. The fourth-order valence-corrected chi connectivity index (χ4v) is 2.57. The van der Waals surface area contributed by atoms with Gasteiger partial charge in [0.05, 0.1) is 0 Å². The number of ether oxygens (including phenoxy) is 4. The number of hydrogen-bond acceptors (Lipinski definition) is 9. The summed E-state index contributed by atoms with van der Waals surface area (Å²) in [6.45, 7) is 3.83. The lowest BCUT2D eigenvalue weighted by atomic mass is 10.1. The Labute approximate surface area is 126 Å². The van der Waals surface area contributed by atoms with Crippen molar-refractivity contribution in [2.75, 3.05) is 0 Å². The van der Waals surface area contributed by atoms with Crippen molar-refractivity contribution in [3.05, 3.63) is 6.61 Å². The van der Waals surface area contributed by atoms with Gasteiger partial charge in [0.15, 0.2) is 18.3 Å². The highest BCUT2D eigenvalue weighted by atomic mass is 32.2. The van der Waals surface area contributed by atoms with E-state index in [0.29, 0.717) is 0 Å². The molecule has 1 unspecified atom stereocenters. The van der Waals surface area contributed by atoms with Crippen LogP contribution >= 0.6 is 0 Å². The molecule has 0 aliphatic carbocycles. The largest absolute Gasteiger partial charge is 0.456 e. The molecule has 11 heteroatoms. The molecule has 0 saturated carbocycles. The molecule has 0 spiro atoms. The van der Waals surface area contributed by atoms with Gasteiger partial charge < -0.3 is 18.9 Å². The summed E-state index contributed by atoms with van der Waals surface area (Å²) in [4.78, 5) is 33.3. The van der Waals surface area contributed by atoms with Crippen LogP contribution in [0.4, 0.5) is 0 Å². The van der Waals surface area contributed by atoms with Crippen LogP contribution in [0.5, 0.6) is 0 Å². The molecule has 1 fully saturated rings. The molecule has 1 rings (SSSR count). The molecule has 1 aliphatic heterocycles. The summed E-state index contributed by atoms with van der Waals surface area (Å²) in [6, 6.07) is 0. The van der Waals surface area contributed by atoms with Crippen molar-refractivity contribution >= 4 is 28.0 Å². The number of rotatable bonds is 4. The molecule has 4 atom stereocenters. The minimum absolute atomic E-state index is 0.770. The lowest BCUT2D eigenvalue weighted by Crippen LogP contribution is -2.57. The maximum Gasteiger partial charge on any atom is 0.303 e. The molecular weight excluding hydrogens is 324 g/mol. The van der Waals surface area contributed by atoms with Crippen molar-refractivity contribution < 1.29 is 46.3 Å². The highest BCUT2D eigenvalue weighted by Crippen LogP contribution is 2.29. The van der Waals surface area contributed by atoms with E-state index in [1.54, 1.807) is 0 Å². The Morgan fingerprint density at radius 2 is 1.41 bits per heavy atom. The topological polar surface area (TPSA) is 142 Å². The van der Waals surface area contributed by atoms with Gasteiger partial charge in [0.1, 0.15) is 6.61 Å². The van der Waals surface area contributed by atoms with E-state index >= 15 is 0 Å². The van der Waals surface area contributed by atoms with Gasteiger partial charge in [-0.25, -0.2) is 0 Å². The minimum atomic E-state index is -4.80. The van der Waals surface area contributed by atoms with E-state index in [1.165, 1.54) is 0 Å². The first-order valence-corrected chi connectivity index (χ1v) is 7.49. The maximum absolute atomic E-state index is 11.3. The predicted octanol–water partition coefficient (Wildman–Crippen LogP) is -0.813. The molecule has 1 saturated heterocycles. The monoisotopic (exact) mass is 339 g/mol. The second kappa shape index (κ2) is 7.03. The molecule has 125 valence electrons. The Morgan fingerprint density at radius 3 is 1.82 bits per heavy atom. The van der Waals surface area contributed by atoms with Crippen LogP contribution in [0.15, 0.2) is 0 Å². The first-order valence-electron chi connectivity index (χ1n) is 5.99. The lowest BCUT2D eigenvalue weighted by molar-refractivity contribution is -0.203. The van der Waals surface area contributed by atoms with Gasteiger partial charge in [-0.15, -0.1) is 0 Å². The third-order valence-electron chi connectivity index (χ3n) is 2.46. The number of esters is 3. The van der Waals surface area contributed by atoms with Gasteiger partial charge in [-0.3, -0.25) is 18.9 Å². The molecule has 0 aromatic carbocycles. The highest BCUT2D eigenvalue weighted by Gasteiger charge is 2.51. The van der Waals surface area contributed by atoms with Crippen molar-refractivity contribution in [3.63, 3.8) is 0 Å². The summed E-state index contributed by atoms with van der Waals surface area (Å²) in [6.07, 6.45) is -4.53. The first-order chi connectivity index (χ1) is 10.0. The Kier molecular flexibility index (Phi) is 5.85. The van der Waals surface area contributed by atoms with Gasteiger partial charge in [0.2, 0.25) is 5.44 Å². The fraction of sp³-hybridized carbons (Fsp3) is 0.636. The summed E-state index contributed by atoms with van der Waals surface area (Å²) in [5.74, 6) is -2.53. The molecule has 1 radical (unpaired) electrons. The van der Waals surface area contributed by atoms with Crippen LogP contribution < -0.4 is 0 Å². The molecule has 0 aromatic rings. The zero-order chi connectivity index (χ0) is 17.1. The van der Waals surface area contributed by atoms with Crippen molar-refractivity contribution in [3.8, 4) is 0 Å². The molecule has 1 aliphatic rings. The zero-order valence-electron chi connectivity index (χ0n) is 11.9. The Balaban J connectivity index is 3.18. The minimum Gasteiger partial charge on any atom is -0.456 e. The number of hydrogen-bond donors (Lipinski definition) is 1. The van der Waals surface area contributed by atoms with Crippen molar-refractivity contribution in [1.82, 2.24) is 0 Å². The van der Waals surface area contributed by atoms with E-state index in [-0.39, 0.29) is 0 Å².